The maximum Gasteiger partial charge on any atom is 0.267 e. The molecule has 6 heteroatoms. The predicted octanol–water partition coefficient (Wildman–Crippen LogP) is 3.99. The van der Waals surface area contributed by atoms with Crippen molar-refractivity contribution >= 4 is 61.1 Å². The lowest BCUT2D eigenvalue weighted by Gasteiger charge is -2.05. The second-order valence-electron chi connectivity index (χ2n) is 1.93. The van der Waals surface area contributed by atoms with Crippen molar-refractivity contribution in [2.45, 2.75) is 6.43 Å². The van der Waals surface area contributed by atoms with Crippen LogP contribution in [0.1, 0.15) is 12.0 Å². The minimum Gasteiger partial charge on any atom is -0.235 e. The van der Waals surface area contributed by atoms with E-state index in [2.05, 4.69) is 20.9 Å². The van der Waals surface area contributed by atoms with Gasteiger partial charge in [-0.15, -0.1) is 0 Å². The third-order valence-corrected chi connectivity index (χ3v) is 3.18. The summed E-state index contributed by atoms with van der Waals surface area (Å²) >= 11 is 6.85. The first-order valence-electron chi connectivity index (χ1n) is 2.82. The Morgan fingerprint density at radius 3 is 2.42 bits per heavy atom. The molecule has 0 saturated carbocycles. The number of hydrogen-bond acceptors (Lipinski definition) is 1. The Morgan fingerprint density at radius 2 is 2.00 bits per heavy atom. The summed E-state index contributed by atoms with van der Waals surface area (Å²) in [5, 5.41) is 0. The van der Waals surface area contributed by atoms with Gasteiger partial charge in [0.25, 0.3) is 6.43 Å². The normalized spacial score (nSPS) is 10.8. The van der Waals surface area contributed by atoms with Crippen LogP contribution < -0.4 is 0 Å². The summed E-state index contributed by atoms with van der Waals surface area (Å²) in [4.78, 5) is 3.92. The summed E-state index contributed by atoms with van der Waals surface area (Å²) in [7, 11) is 0. The molecule has 1 nitrogen and oxygen atoms in total. The van der Waals surface area contributed by atoms with E-state index in [-0.39, 0.29) is 5.56 Å². The number of alkyl halides is 2. The van der Waals surface area contributed by atoms with Crippen LogP contribution in [0.15, 0.2) is 10.5 Å². The summed E-state index contributed by atoms with van der Waals surface area (Å²) in [5.74, 6) is 0. The maximum atomic E-state index is 12.3. The highest BCUT2D eigenvalue weighted by atomic mass is 127. The molecule has 0 saturated heterocycles. The van der Waals surface area contributed by atoms with E-state index in [0.717, 1.165) is 0 Å². The van der Waals surface area contributed by atoms with Gasteiger partial charge in [-0.05, 0) is 51.2 Å². The largest absolute Gasteiger partial charge is 0.267 e. The van der Waals surface area contributed by atoms with Crippen molar-refractivity contribution in [3.05, 3.63) is 23.5 Å². The van der Waals surface area contributed by atoms with E-state index in [1.807, 2.05) is 22.6 Å². The fourth-order valence-corrected chi connectivity index (χ4v) is 3.84. The monoisotopic (exact) mass is 459 g/mol. The zero-order valence-electron chi connectivity index (χ0n) is 5.49. The average Bonchev–Trinajstić information content (AvgIpc) is 1.82. The topological polar surface area (TPSA) is 12.9 Å². The number of rotatable bonds is 1. The van der Waals surface area contributed by atoms with Gasteiger partial charge in [0.15, 0.2) is 0 Å². The fraction of sp³-hybridized carbons (Fsp3) is 0.167. The minimum absolute atomic E-state index is 0.0315. The summed E-state index contributed by atoms with van der Waals surface area (Å²) in [6.07, 6.45) is -2.48. The lowest BCUT2D eigenvalue weighted by atomic mass is 10.3. The first-order valence-corrected chi connectivity index (χ1v) is 5.77. The van der Waals surface area contributed by atoms with E-state index in [4.69, 9.17) is 0 Å². The van der Waals surface area contributed by atoms with Gasteiger partial charge in [0.05, 0.1) is 5.56 Å². The Kier molecular flexibility index (Phi) is 4.09. The van der Waals surface area contributed by atoms with Crippen LogP contribution in [0, 0.1) is 7.40 Å². The molecule has 0 radical (unpaired) electrons. The smallest absolute Gasteiger partial charge is 0.235 e. The highest BCUT2D eigenvalue weighted by Crippen LogP contribution is 2.31. The van der Waals surface area contributed by atoms with Crippen LogP contribution in [0.2, 0.25) is 0 Å². The molecule has 0 bridgehead atoms. The molecule has 12 heavy (non-hydrogen) atoms. The second kappa shape index (κ2) is 4.45. The fourth-order valence-electron chi connectivity index (χ4n) is 0.661. The third-order valence-electron chi connectivity index (χ3n) is 1.15. The lowest BCUT2D eigenvalue weighted by molar-refractivity contribution is 0.149. The Hall–Kier alpha value is 0.950. The van der Waals surface area contributed by atoms with Crippen molar-refractivity contribution in [3.8, 4) is 0 Å². The number of aromatic nitrogens is 1. The molecule has 1 aromatic heterocycles. The van der Waals surface area contributed by atoms with Crippen molar-refractivity contribution in [3.63, 3.8) is 0 Å². The molecular weight excluding hydrogens is 458 g/mol. The molecule has 0 amide bonds. The van der Waals surface area contributed by atoms with E-state index < -0.39 is 6.43 Å². The van der Waals surface area contributed by atoms with Gasteiger partial charge in [-0.25, -0.2) is 13.8 Å². The number of halogens is 5. The molecule has 1 aromatic rings. The molecule has 0 fully saturated rings. The van der Waals surface area contributed by atoms with Crippen molar-refractivity contribution < 1.29 is 8.78 Å². The highest BCUT2D eigenvalue weighted by Gasteiger charge is 2.17. The van der Waals surface area contributed by atoms with E-state index in [1.165, 1.54) is 0 Å². The Balaban J connectivity index is 3.28. The van der Waals surface area contributed by atoms with Gasteiger partial charge in [-0.2, -0.15) is 0 Å². The lowest BCUT2D eigenvalue weighted by Crippen LogP contribution is -1.96. The Bertz CT molecular complexity index is 283. The second-order valence-corrected chi connectivity index (χ2v) is 4.91. The van der Waals surface area contributed by atoms with Crippen LogP contribution in [0.5, 0.6) is 0 Å². The van der Waals surface area contributed by atoms with Crippen molar-refractivity contribution in [1.29, 1.82) is 0 Å². The van der Waals surface area contributed by atoms with Gasteiger partial charge in [-0.3, -0.25) is 0 Å². The Morgan fingerprint density at radius 1 is 1.42 bits per heavy atom. The third kappa shape index (κ3) is 2.47. The van der Waals surface area contributed by atoms with E-state index in [9.17, 15) is 8.78 Å². The molecule has 0 aliphatic heterocycles. The summed E-state index contributed by atoms with van der Waals surface area (Å²) in [6.45, 7) is 0. The first kappa shape index (κ1) is 11.0. The van der Waals surface area contributed by atoms with Gasteiger partial charge >= 0.3 is 0 Å². The van der Waals surface area contributed by atoms with Gasteiger partial charge in [0, 0.05) is 4.47 Å². The molecule has 0 spiro atoms. The van der Waals surface area contributed by atoms with Crippen LogP contribution in [0.3, 0.4) is 0 Å². The van der Waals surface area contributed by atoms with Crippen molar-refractivity contribution in [2.24, 2.45) is 0 Å². The molecule has 0 aromatic carbocycles. The number of nitrogens with zero attached hydrogens (tertiary/aromatic N) is 1. The van der Waals surface area contributed by atoms with Crippen molar-refractivity contribution in [1.82, 2.24) is 4.98 Å². The van der Waals surface area contributed by atoms with Crippen LogP contribution in [-0.2, 0) is 0 Å². The molecule has 0 atom stereocenters. The molecular formula is C6H2BrF2I2N. The first-order chi connectivity index (χ1) is 5.52. The van der Waals surface area contributed by atoms with Crippen LogP contribution >= 0.6 is 61.1 Å². The molecule has 0 unspecified atom stereocenters. The summed E-state index contributed by atoms with van der Waals surface area (Å²) < 4.78 is 26.2. The predicted molar refractivity (Wildman–Crippen MR) is 62.3 cm³/mol. The molecule has 0 aliphatic rings. The standard InChI is InChI=1S/C6H2BrF2I2N/c7-2-1-3(10)12-6(11)4(2)5(8)9/h1,5H. The number of hydrogen-bond donors (Lipinski definition) is 0. The molecule has 1 heterocycles. The van der Waals surface area contributed by atoms with Gasteiger partial charge in [0.1, 0.15) is 7.40 Å². The number of pyridine rings is 1. The van der Waals surface area contributed by atoms with Crippen LogP contribution in [0.4, 0.5) is 8.78 Å². The molecule has 0 N–H and O–H groups in total. The zero-order valence-corrected chi connectivity index (χ0v) is 11.4. The highest BCUT2D eigenvalue weighted by molar-refractivity contribution is 14.1. The maximum absolute atomic E-state index is 12.3. The minimum atomic E-state index is -2.48. The van der Waals surface area contributed by atoms with Gasteiger partial charge in [-0.1, -0.05) is 15.9 Å². The summed E-state index contributed by atoms with van der Waals surface area (Å²) in [5.41, 5.74) is -0.0315. The van der Waals surface area contributed by atoms with E-state index in [0.29, 0.717) is 11.9 Å². The SMILES string of the molecule is FC(F)c1c(Br)cc(I)nc1I. The Labute approximate surface area is 104 Å². The molecule has 1 rings (SSSR count). The van der Waals surface area contributed by atoms with E-state index >= 15 is 0 Å². The van der Waals surface area contributed by atoms with Crippen LogP contribution in [0.25, 0.3) is 0 Å². The van der Waals surface area contributed by atoms with Gasteiger partial charge in [0.2, 0.25) is 0 Å². The van der Waals surface area contributed by atoms with Crippen molar-refractivity contribution in [2.75, 3.05) is 0 Å². The quantitative estimate of drug-likeness (QED) is 0.457. The molecule has 0 aliphatic carbocycles. The zero-order chi connectivity index (χ0) is 9.30. The molecule has 66 valence electrons. The van der Waals surface area contributed by atoms with E-state index in [1.54, 1.807) is 28.7 Å². The van der Waals surface area contributed by atoms with Crippen LogP contribution in [-0.4, -0.2) is 4.98 Å². The average molecular weight is 460 g/mol. The summed E-state index contributed by atoms with van der Waals surface area (Å²) in [6, 6.07) is 1.57. The van der Waals surface area contributed by atoms with Gasteiger partial charge < -0.3 is 0 Å².